The van der Waals surface area contributed by atoms with Gasteiger partial charge < -0.3 is 10.6 Å². The van der Waals surface area contributed by atoms with Crippen molar-refractivity contribution in [3.63, 3.8) is 0 Å². The van der Waals surface area contributed by atoms with Crippen molar-refractivity contribution < 1.29 is 4.79 Å². The first-order valence-electron chi connectivity index (χ1n) is 5.36. The predicted molar refractivity (Wildman–Crippen MR) is 67.4 cm³/mol. The standard InChI is InChI=1S/C13H18N2O/c1-4-8-15(5-2)13(16)12-7-6-11(14)9-10(12)3/h4,6-7,9H,1,5,8,14H2,2-3H3. The van der Waals surface area contributed by atoms with Crippen LogP contribution >= 0.6 is 0 Å². The fourth-order valence-corrected chi connectivity index (χ4v) is 1.61. The number of likely N-dealkylation sites (N-methyl/N-ethyl adjacent to an activating group) is 1. The van der Waals surface area contributed by atoms with E-state index in [0.29, 0.717) is 24.3 Å². The fourth-order valence-electron chi connectivity index (χ4n) is 1.61. The van der Waals surface area contributed by atoms with Gasteiger partial charge in [-0.1, -0.05) is 6.08 Å². The van der Waals surface area contributed by atoms with Crippen molar-refractivity contribution in [2.24, 2.45) is 0 Å². The van der Waals surface area contributed by atoms with Crippen LogP contribution in [-0.4, -0.2) is 23.9 Å². The molecule has 0 saturated heterocycles. The summed E-state index contributed by atoms with van der Waals surface area (Å²) < 4.78 is 0. The number of nitrogen functional groups attached to an aromatic ring is 1. The number of nitrogens with two attached hydrogens (primary N) is 1. The summed E-state index contributed by atoms with van der Waals surface area (Å²) >= 11 is 0. The van der Waals surface area contributed by atoms with Gasteiger partial charge in [-0.3, -0.25) is 4.79 Å². The van der Waals surface area contributed by atoms with Crippen LogP contribution in [0.4, 0.5) is 5.69 Å². The molecule has 3 heteroatoms. The fraction of sp³-hybridized carbons (Fsp3) is 0.308. The average Bonchev–Trinajstić information content (AvgIpc) is 2.25. The van der Waals surface area contributed by atoms with Crippen LogP contribution in [0.15, 0.2) is 30.9 Å². The maximum Gasteiger partial charge on any atom is 0.254 e. The SMILES string of the molecule is C=CCN(CC)C(=O)c1ccc(N)cc1C. The van der Waals surface area contributed by atoms with Crippen LogP contribution in [-0.2, 0) is 0 Å². The molecule has 0 aliphatic heterocycles. The molecule has 1 aromatic rings. The Morgan fingerprint density at radius 3 is 2.75 bits per heavy atom. The quantitative estimate of drug-likeness (QED) is 0.622. The van der Waals surface area contributed by atoms with Crippen molar-refractivity contribution in [3.8, 4) is 0 Å². The maximum atomic E-state index is 12.1. The van der Waals surface area contributed by atoms with E-state index in [1.807, 2.05) is 19.9 Å². The number of amides is 1. The third-order valence-electron chi connectivity index (χ3n) is 2.50. The van der Waals surface area contributed by atoms with Gasteiger partial charge in [-0.15, -0.1) is 6.58 Å². The highest BCUT2D eigenvalue weighted by molar-refractivity contribution is 5.96. The second kappa shape index (κ2) is 5.35. The zero-order chi connectivity index (χ0) is 12.1. The molecule has 0 radical (unpaired) electrons. The summed E-state index contributed by atoms with van der Waals surface area (Å²) in [5.41, 5.74) is 7.95. The molecule has 0 aliphatic rings. The topological polar surface area (TPSA) is 46.3 Å². The van der Waals surface area contributed by atoms with Gasteiger partial charge in [-0.25, -0.2) is 0 Å². The molecule has 2 N–H and O–H groups in total. The van der Waals surface area contributed by atoms with Gasteiger partial charge in [-0.2, -0.15) is 0 Å². The predicted octanol–water partition coefficient (Wildman–Crippen LogP) is 2.23. The number of carbonyl (C=O) groups excluding carboxylic acids is 1. The molecule has 0 unspecified atom stereocenters. The summed E-state index contributed by atoms with van der Waals surface area (Å²) in [6.07, 6.45) is 1.73. The molecule has 3 nitrogen and oxygen atoms in total. The normalized spacial score (nSPS) is 9.88. The molecule has 1 aromatic carbocycles. The Morgan fingerprint density at radius 1 is 1.56 bits per heavy atom. The Morgan fingerprint density at radius 2 is 2.25 bits per heavy atom. The lowest BCUT2D eigenvalue weighted by Crippen LogP contribution is -2.31. The van der Waals surface area contributed by atoms with Gasteiger partial charge in [0.15, 0.2) is 0 Å². The van der Waals surface area contributed by atoms with E-state index < -0.39 is 0 Å². The van der Waals surface area contributed by atoms with Crippen LogP contribution in [0.2, 0.25) is 0 Å². The second-order valence-electron chi connectivity index (χ2n) is 3.71. The third kappa shape index (κ3) is 2.63. The first kappa shape index (κ1) is 12.3. The minimum Gasteiger partial charge on any atom is -0.399 e. The van der Waals surface area contributed by atoms with Crippen LogP contribution in [0, 0.1) is 6.92 Å². The minimum absolute atomic E-state index is 0.0277. The maximum absolute atomic E-state index is 12.1. The van der Waals surface area contributed by atoms with Gasteiger partial charge in [0, 0.05) is 24.3 Å². The van der Waals surface area contributed by atoms with E-state index in [9.17, 15) is 4.79 Å². The molecule has 86 valence electrons. The van der Waals surface area contributed by atoms with Gasteiger partial charge in [0.05, 0.1) is 0 Å². The van der Waals surface area contributed by atoms with Gasteiger partial charge in [-0.05, 0) is 37.6 Å². The lowest BCUT2D eigenvalue weighted by Gasteiger charge is -2.20. The molecule has 0 aliphatic carbocycles. The number of hydrogen-bond acceptors (Lipinski definition) is 2. The summed E-state index contributed by atoms with van der Waals surface area (Å²) in [7, 11) is 0. The van der Waals surface area contributed by atoms with Crippen molar-refractivity contribution in [1.29, 1.82) is 0 Å². The van der Waals surface area contributed by atoms with E-state index in [1.165, 1.54) is 0 Å². The van der Waals surface area contributed by atoms with Crippen LogP contribution in [0.3, 0.4) is 0 Å². The van der Waals surface area contributed by atoms with E-state index in [4.69, 9.17) is 5.73 Å². The van der Waals surface area contributed by atoms with Crippen molar-refractivity contribution in [1.82, 2.24) is 4.90 Å². The molecule has 0 fully saturated rings. The number of anilines is 1. The number of hydrogen-bond donors (Lipinski definition) is 1. The first-order valence-corrected chi connectivity index (χ1v) is 5.36. The van der Waals surface area contributed by atoms with Crippen molar-refractivity contribution in [2.45, 2.75) is 13.8 Å². The molecular weight excluding hydrogens is 200 g/mol. The summed E-state index contributed by atoms with van der Waals surface area (Å²) in [6, 6.07) is 5.34. The highest BCUT2D eigenvalue weighted by Gasteiger charge is 2.14. The Hall–Kier alpha value is -1.77. The Bertz CT molecular complexity index is 399. The monoisotopic (exact) mass is 218 g/mol. The highest BCUT2D eigenvalue weighted by Crippen LogP contribution is 2.14. The van der Waals surface area contributed by atoms with Gasteiger partial charge >= 0.3 is 0 Å². The van der Waals surface area contributed by atoms with Crippen LogP contribution in [0.25, 0.3) is 0 Å². The average molecular weight is 218 g/mol. The van der Waals surface area contributed by atoms with Crippen molar-refractivity contribution in [3.05, 3.63) is 42.0 Å². The number of nitrogens with zero attached hydrogens (tertiary/aromatic N) is 1. The smallest absolute Gasteiger partial charge is 0.254 e. The molecule has 1 rings (SSSR count). The second-order valence-corrected chi connectivity index (χ2v) is 3.71. The first-order chi connectivity index (χ1) is 7.60. The van der Waals surface area contributed by atoms with E-state index in [-0.39, 0.29) is 5.91 Å². The van der Waals surface area contributed by atoms with E-state index in [2.05, 4.69) is 6.58 Å². The van der Waals surface area contributed by atoms with E-state index in [1.54, 1.807) is 23.1 Å². The minimum atomic E-state index is 0.0277. The summed E-state index contributed by atoms with van der Waals surface area (Å²) in [5, 5.41) is 0. The van der Waals surface area contributed by atoms with Crippen molar-refractivity contribution >= 4 is 11.6 Å². The Balaban J connectivity index is 2.98. The zero-order valence-electron chi connectivity index (χ0n) is 9.86. The molecule has 0 bridgehead atoms. The molecule has 0 saturated carbocycles. The van der Waals surface area contributed by atoms with Gasteiger partial charge in [0.25, 0.3) is 5.91 Å². The van der Waals surface area contributed by atoms with E-state index in [0.717, 1.165) is 5.56 Å². The number of rotatable bonds is 4. The molecular formula is C13H18N2O. The summed E-state index contributed by atoms with van der Waals surface area (Å²) in [5.74, 6) is 0.0277. The number of benzene rings is 1. The van der Waals surface area contributed by atoms with Crippen LogP contribution in [0.5, 0.6) is 0 Å². The number of aryl methyl sites for hydroxylation is 1. The summed E-state index contributed by atoms with van der Waals surface area (Å²) in [4.78, 5) is 13.9. The van der Waals surface area contributed by atoms with Gasteiger partial charge in [0.2, 0.25) is 0 Å². The lowest BCUT2D eigenvalue weighted by molar-refractivity contribution is 0.0781. The zero-order valence-corrected chi connectivity index (χ0v) is 9.86. The van der Waals surface area contributed by atoms with Crippen LogP contribution in [0.1, 0.15) is 22.8 Å². The Labute approximate surface area is 96.6 Å². The Kier molecular flexibility index (Phi) is 4.11. The largest absolute Gasteiger partial charge is 0.399 e. The van der Waals surface area contributed by atoms with Crippen LogP contribution < -0.4 is 5.73 Å². The van der Waals surface area contributed by atoms with E-state index >= 15 is 0 Å². The lowest BCUT2D eigenvalue weighted by atomic mass is 10.1. The molecule has 0 heterocycles. The molecule has 0 atom stereocenters. The molecule has 1 amide bonds. The third-order valence-corrected chi connectivity index (χ3v) is 2.50. The molecule has 0 spiro atoms. The highest BCUT2D eigenvalue weighted by atomic mass is 16.2. The molecule has 0 aromatic heterocycles. The summed E-state index contributed by atoms with van der Waals surface area (Å²) in [6.45, 7) is 8.74. The molecule has 16 heavy (non-hydrogen) atoms. The van der Waals surface area contributed by atoms with Gasteiger partial charge in [0.1, 0.15) is 0 Å². The number of carbonyl (C=O) groups is 1. The van der Waals surface area contributed by atoms with Crippen molar-refractivity contribution in [2.75, 3.05) is 18.8 Å².